The Morgan fingerprint density at radius 3 is 2.70 bits per heavy atom. The number of hydrogen-bond donors (Lipinski definition) is 3. The van der Waals surface area contributed by atoms with Crippen LogP contribution in [0.5, 0.6) is 5.75 Å². The molecule has 3 atom stereocenters. The quantitative estimate of drug-likeness (QED) is 0.678. The molecule has 7 rings (SSSR count). The first-order chi connectivity index (χ1) is 14.3. The van der Waals surface area contributed by atoms with Gasteiger partial charge in [0.25, 0.3) is 5.91 Å². The number of amides is 1. The zero-order valence-corrected chi connectivity index (χ0v) is 17.3. The van der Waals surface area contributed by atoms with Crippen LogP contribution in [0.15, 0.2) is 23.4 Å². The Labute approximate surface area is 179 Å². The van der Waals surface area contributed by atoms with Crippen LogP contribution in [0.1, 0.15) is 56.6 Å². The normalized spacial score (nSPS) is 43.0. The van der Waals surface area contributed by atoms with Crippen molar-refractivity contribution in [2.45, 2.75) is 74.9 Å². The molecule has 0 spiro atoms. The number of ether oxygens (including phenoxy) is 1. The second-order valence-electron chi connectivity index (χ2n) is 9.89. The molecule has 2 aliphatic heterocycles. The molecule has 3 N–H and O–H groups in total. The molecule has 2 bridgehead atoms. The molecule has 4 aliphatic carbocycles. The minimum atomic E-state index is -0.769. The van der Waals surface area contributed by atoms with Gasteiger partial charge in [0, 0.05) is 40.3 Å². The maximum Gasteiger partial charge on any atom is 0.261 e. The summed E-state index contributed by atoms with van der Waals surface area (Å²) in [6.07, 6.45) is 3.78. The summed E-state index contributed by atoms with van der Waals surface area (Å²) in [5, 5.41) is 28.0. The molecule has 8 heteroatoms. The molecular weight excluding hydrogens is 408 g/mol. The standard InChI is InChI=1S/C22H25ClN2O5/c23-12-1-2-16-14(5-12)15(27)6-18(29-16)20(28)24-22-8-21(9-22,10-22)19-7-17(30-25-19)11-3-13(26)4-11/h1-2,5,11,13,15,17-18,26-27H,3-4,6-10H2,(H,24,28)/t11-,13+,15-,17?,18+,21?,22?/m1/s1. The molecule has 6 aliphatic rings. The van der Waals surface area contributed by atoms with E-state index >= 15 is 0 Å². The van der Waals surface area contributed by atoms with E-state index in [-0.39, 0.29) is 35.5 Å². The van der Waals surface area contributed by atoms with E-state index in [1.807, 2.05) is 0 Å². The van der Waals surface area contributed by atoms with Crippen LogP contribution in [0.25, 0.3) is 0 Å². The monoisotopic (exact) mass is 432 g/mol. The van der Waals surface area contributed by atoms with Gasteiger partial charge in [-0.3, -0.25) is 4.79 Å². The Bertz CT molecular complexity index is 924. The molecule has 0 radical (unpaired) electrons. The highest BCUT2D eigenvalue weighted by atomic mass is 35.5. The van der Waals surface area contributed by atoms with Gasteiger partial charge in [0.1, 0.15) is 11.9 Å². The number of fused-ring (bicyclic) bond motifs is 1. The number of aliphatic hydroxyl groups excluding tert-OH is 2. The zero-order valence-electron chi connectivity index (χ0n) is 16.5. The minimum Gasteiger partial charge on any atom is -0.480 e. The van der Waals surface area contributed by atoms with Crippen molar-refractivity contribution in [3.05, 3.63) is 28.8 Å². The largest absolute Gasteiger partial charge is 0.480 e. The van der Waals surface area contributed by atoms with E-state index in [0.717, 1.165) is 44.2 Å². The van der Waals surface area contributed by atoms with Crippen molar-refractivity contribution in [1.29, 1.82) is 0 Å². The van der Waals surface area contributed by atoms with Crippen LogP contribution in [-0.4, -0.2) is 45.7 Å². The van der Waals surface area contributed by atoms with Gasteiger partial charge in [-0.05, 0) is 50.3 Å². The van der Waals surface area contributed by atoms with E-state index in [1.165, 1.54) is 0 Å². The molecule has 4 saturated carbocycles. The summed E-state index contributed by atoms with van der Waals surface area (Å²) in [6, 6.07) is 5.08. The summed E-state index contributed by atoms with van der Waals surface area (Å²) in [4.78, 5) is 18.5. The first-order valence-electron chi connectivity index (χ1n) is 10.7. The summed E-state index contributed by atoms with van der Waals surface area (Å²) in [7, 11) is 0. The fraction of sp³-hybridized carbons (Fsp3) is 0.636. The van der Waals surface area contributed by atoms with Gasteiger partial charge >= 0.3 is 0 Å². The number of nitrogens with one attached hydrogen (secondary N) is 1. The SMILES string of the molecule is O=C(NC12CC(C3=NOC([C@H]4C[C@@H](O)C4)C3)(C1)C2)[C@@H]1C[C@@H](O)c2cc(Cl)ccc2O1. The van der Waals surface area contributed by atoms with E-state index < -0.39 is 12.2 Å². The smallest absolute Gasteiger partial charge is 0.261 e. The summed E-state index contributed by atoms with van der Waals surface area (Å²) in [6.45, 7) is 0. The Morgan fingerprint density at radius 2 is 1.97 bits per heavy atom. The average molecular weight is 433 g/mol. The van der Waals surface area contributed by atoms with Gasteiger partial charge in [-0.15, -0.1) is 0 Å². The molecule has 1 unspecified atom stereocenters. The van der Waals surface area contributed by atoms with Gasteiger partial charge in [-0.25, -0.2) is 0 Å². The summed E-state index contributed by atoms with van der Waals surface area (Å²) < 4.78 is 5.85. The van der Waals surface area contributed by atoms with Crippen molar-refractivity contribution in [3.8, 4) is 5.75 Å². The molecule has 0 aromatic heterocycles. The van der Waals surface area contributed by atoms with Crippen molar-refractivity contribution < 1.29 is 24.6 Å². The van der Waals surface area contributed by atoms with E-state index in [4.69, 9.17) is 21.2 Å². The second kappa shape index (κ2) is 6.34. The lowest BCUT2D eigenvalue weighted by Gasteiger charge is -2.70. The van der Waals surface area contributed by atoms with Crippen molar-refractivity contribution >= 4 is 23.2 Å². The van der Waals surface area contributed by atoms with Gasteiger partial charge in [0.05, 0.1) is 17.9 Å². The van der Waals surface area contributed by atoms with Crippen LogP contribution in [0.4, 0.5) is 0 Å². The van der Waals surface area contributed by atoms with Gasteiger partial charge in [0.2, 0.25) is 0 Å². The number of carbonyl (C=O) groups is 1. The molecule has 4 fully saturated rings. The van der Waals surface area contributed by atoms with E-state index in [9.17, 15) is 15.0 Å². The highest BCUT2D eigenvalue weighted by Crippen LogP contribution is 2.69. The molecule has 160 valence electrons. The minimum absolute atomic E-state index is 0.0701. The molecule has 2 heterocycles. The lowest BCUT2D eigenvalue weighted by Crippen LogP contribution is -2.77. The third-order valence-electron chi connectivity index (χ3n) is 7.73. The number of halogens is 1. The molecular formula is C22H25ClN2O5. The third-order valence-corrected chi connectivity index (χ3v) is 7.96. The number of oxime groups is 1. The molecule has 1 aromatic rings. The highest BCUT2D eigenvalue weighted by molar-refractivity contribution is 6.30. The topological polar surface area (TPSA) is 100 Å². The van der Waals surface area contributed by atoms with Crippen molar-refractivity contribution in [2.24, 2.45) is 16.5 Å². The van der Waals surface area contributed by atoms with Crippen molar-refractivity contribution in [1.82, 2.24) is 5.32 Å². The Balaban J connectivity index is 1.04. The fourth-order valence-corrected chi connectivity index (χ4v) is 6.22. The molecule has 1 amide bonds. The van der Waals surface area contributed by atoms with Crippen molar-refractivity contribution in [2.75, 3.05) is 0 Å². The number of benzene rings is 1. The fourth-order valence-electron chi connectivity index (χ4n) is 6.04. The Morgan fingerprint density at radius 1 is 1.20 bits per heavy atom. The lowest BCUT2D eigenvalue weighted by atomic mass is 9.37. The van der Waals surface area contributed by atoms with Crippen LogP contribution in [-0.2, 0) is 9.63 Å². The second-order valence-corrected chi connectivity index (χ2v) is 10.3. The van der Waals surface area contributed by atoms with E-state index in [2.05, 4.69) is 10.5 Å². The average Bonchev–Trinajstić information content (AvgIpc) is 3.10. The third kappa shape index (κ3) is 2.78. The van der Waals surface area contributed by atoms with Crippen LogP contribution in [0.2, 0.25) is 5.02 Å². The molecule has 30 heavy (non-hydrogen) atoms. The molecule has 0 saturated heterocycles. The summed E-state index contributed by atoms with van der Waals surface area (Å²) in [5.41, 5.74) is 1.64. The summed E-state index contributed by atoms with van der Waals surface area (Å²) in [5.74, 6) is 0.751. The lowest BCUT2D eigenvalue weighted by molar-refractivity contribution is -0.149. The van der Waals surface area contributed by atoms with E-state index in [0.29, 0.717) is 22.3 Å². The number of nitrogens with zero attached hydrogens (tertiary/aromatic N) is 1. The van der Waals surface area contributed by atoms with E-state index in [1.54, 1.807) is 18.2 Å². The van der Waals surface area contributed by atoms with Crippen LogP contribution < -0.4 is 10.1 Å². The Hall–Kier alpha value is -1.83. The molecule has 1 aromatic carbocycles. The maximum absolute atomic E-state index is 12.8. The predicted molar refractivity (Wildman–Crippen MR) is 108 cm³/mol. The molecule has 7 nitrogen and oxygen atoms in total. The maximum atomic E-state index is 12.8. The van der Waals surface area contributed by atoms with Crippen LogP contribution >= 0.6 is 11.6 Å². The number of carbonyl (C=O) groups excluding carboxylic acids is 1. The van der Waals surface area contributed by atoms with Gasteiger partial charge < -0.3 is 25.1 Å². The van der Waals surface area contributed by atoms with Crippen molar-refractivity contribution in [3.63, 3.8) is 0 Å². The van der Waals surface area contributed by atoms with Gasteiger partial charge in [-0.2, -0.15) is 0 Å². The predicted octanol–water partition coefficient (Wildman–Crippen LogP) is 2.48. The van der Waals surface area contributed by atoms with Gasteiger partial charge in [-0.1, -0.05) is 16.8 Å². The number of rotatable bonds is 4. The number of hydrogen-bond acceptors (Lipinski definition) is 6. The highest BCUT2D eigenvalue weighted by Gasteiger charge is 2.71. The first-order valence-corrected chi connectivity index (χ1v) is 11.1. The van der Waals surface area contributed by atoms with Crippen LogP contribution in [0.3, 0.4) is 0 Å². The first kappa shape index (κ1) is 18.9. The Kier molecular flexibility index (Phi) is 4.00. The summed E-state index contributed by atoms with van der Waals surface area (Å²) >= 11 is 6.00. The van der Waals surface area contributed by atoms with Crippen LogP contribution in [0, 0.1) is 11.3 Å². The zero-order chi connectivity index (χ0) is 20.7. The number of aliphatic hydroxyl groups is 2. The van der Waals surface area contributed by atoms with Gasteiger partial charge in [0.15, 0.2) is 6.10 Å².